The number of aryl methyl sites for hydroxylation is 2. The lowest BCUT2D eigenvalue weighted by Crippen LogP contribution is -2.34. The first-order chi connectivity index (χ1) is 10.2. The fraction of sp³-hybridized carbons (Fsp3) is 0.533. The van der Waals surface area contributed by atoms with Gasteiger partial charge in [0.1, 0.15) is 16.6 Å². The highest BCUT2D eigenvalue weighted by atomic mass is 32.1. The number of rotatable bonds is 3. The maximum Gasteiger partial charge on any atom is 0.130 e. The molecule has 0 bridgehead atoms. The highest BCUT2D eigenvalue weighted by molar-refractivity contribution is 7.10. The Bertz CT molecular complexity index is 668. The summed E-state index contributed by atoms with van der Waals surface area (Å²) in [6.07, 6.45) is 3.33. The quantitative estimate of drug-likeness (QED) is 0.865. The Labute approximate surface area is 133 Å². The van der Waals surface area contributed by atoms with Crippen LogP contribution in [0.15, 0.2) is 5.38 Å². The second-order valence-corrected chi connectivity index (χ2v) is 7.02. The Morgan fingerprint density at radius 3 is 3.10 bits per heavy atom. The summed E-state index contributed by atoms with van der Waals surface area (Å²) in [4.78, 5) is 7.07. The SMILES string of the molecule is CCc1csc([C@H]2CCCN(c3snc(C)c3C#N)C2)n1. The van der Waals surface area contributed by atoms with Crippen LogP contribution in [0.25, 0.3) is 0 Å². The van der Waals surface area contributed by atoms with Crippen LogP contribution in [-0.2, 0) is 6.42 Å². The third-order valence-corrected chi connectivity index (χ3v) is 6.00. The van der Waals surface area contributed by atoms with E-state index >= 15 is 0 Å². The van der Waals surface area contributed by atoms with Gasteiger partial charge in [-0.3, -0.25) is 0 Å². The van der Waals surface area contributed by atoms with Gasteiger partial charge in [-0.05, 0) is 37.7 Å². The lowest BCUT2D eigenvalue weighted by molar-refractivity contribution is 0.509. The molecule has 0 saturated carbocycles. The van der Waals surface area contributed by atoms with Crippen molar-refractivity contribution in [1.29, 1.82) is 5.26 Å². The fourth-order valence-corrected chi connectivity index (χ4v) is 4.65. The molecule has 1 saturated heterocycles. The van der Waals surface area contributed by atoms with Crippen molar-refractivity contribution in [3.63, 3.8) is 0 Å². The molecule has 3 rings (SSSR count). The normalized spacial score (nSPS) is 18.7. The zero-order chi connectivity index (χ0) is 14.8. The van der Waals surface area contributed by atoms with E-state index in [1.165, 1.54) is 28.7 Å². The molecule has 21 heavy (non-hydrogen) atoms. The Kier molecular flexibility index (Phi) is 4.22. The van der Waals surface area contributed by atoms with Crippen LogP contribution in [0.3, 0.4) is 0 Å². The lowest BCUT2D eigenvalue weighted by atomic mass is 9.98. The van der Waals surface area contributed by atoms with Crippen LogP contribution in [-0.4, -0.2) is 22.4 Å². The summed E-state index contributed by atoms with van der Waals surface area (Å²) in [7, 11) is 0. The van der Waals surface area contributed by atoms with Gasteiger partial charge in [0.15, 0.2) is 0 Å². The van der Waals surface area contributed by atoms with Crippen LogP contribution in [0.5, 0.6) is 0 Å². The Morgan fingerprint density at radius 1 is 1.52 bits per heavy atom. The van der Waals surface area contributed by atoms with Crippen molar-refractivity contribution in [3.05, 3.63) is 27.3 Å². The molecule has 2 aromatic heterocycles. The topological polar surface area (TPSA) is 52.8 Å². The number of hydrogen-bond acceptors (Lipinski definition) is 6. The summed E-state index contributed by atoms with van der Waals surface area (Å²) in [6.45, 7) is 6.02. The summed E-state index contributed by atoms with van der Waals surface area (Å²) < 4.78 is 4.34. The first-order valence-corrected chi connectivity index (χ1v) is 8.93. The fourth-order valence-electron chi connectivity index (χ4n) is 2.74. The molecule has 1 fully saturated rings. The zero-order valence-corrected chi connectivity index (χ0v) is 13.9. The second kappa shape index (κ2) is 6.12. The standard InChI is InChI=1S/C15H18N4S2/c1-3-12-9-20-14(17-12)11-5-4-6-19(8-11)15-13(7-16)10(2)18-21-15/h9,11H,3-6,8H2,1-2H3/t11-/m0/s1. The van der Waals surface area contributed by atoms with Gasteiger partial charge in [-0.25, -0.2) is 4.98 Å². The van der Waals surface area contributed by atoms with Crippen molar-refractivity contribution in [2.24, 2.45) is 0 Å². The largest absolute Gasteiger partial charge is 0.360 e. The first kappa shape index (κ1) is 14.5. The van der Waals surface area contributed by atoms with Gasteiger partial charge in [-0.2, -0.15) is 9.64 Å². The Balaban J connectivity index is 1.81. The molecular formula is C15H18N4S2. The van der Waals surface area contributed by atoms with Crippen LogP contribution >= 0.6 is 22.9 Å². The number of anilines is 1. The molecule has 0 radical (unpaired) electrons. The van der Waals surface area contributed by atoms with Crippen molar-refractivity contribution in [3.8, 4) is 6.07 Å². The van der Waals surface area contributed by atoms with Gasteiger partial charge in [0.05, 0.1) is 16.4 Å². The average molecular weight is 318 g/mol. The van der Waals surface area contributed by atoms with Crippen LogP contribution in [0.1, 0.15) is 47.6 Å². The molecule has 0 amide bonds. The van der Waals surface area contributed by atoms with E-state index in [9.17, 15) is 5.26 Å². The van der Waals surface area contributed by atoms with Crippen molar-refractivity contribution >= 4 is 27.9 Å². The molecule has 0 aliphatic carbocycles. The van der Waals surface area contributed by atoms with Gasteiger partial charge in [0.2, 0.25) is 0 Å². The molecule has 4 nitrogen and oxygen atoms in total. The van der Waals surface area contributed by atoms with E-state index in [-0.39, 0.29) is 0 Å². The van der Waals surface area contributed by atoms with Crippen LogP contribution in [0.2, 0.25) is 0 Å². The summed E-state index contributed by atoms with van der Waals surface area (Å²) in [5.74, 6) is 0.484. The first-order valence-electron chi connectivity index (χ1n) is 7.28. The van der Waals surface area contributed by atoms with Gasteiger partial charge in [0, 0.05) is 24.4 Å². The molecule has 6 heteroatoms. The Morgan fingerprint density at radius 2 is 2.38 bits per heavy atom. The molecule has 2 aromatic rings. The smallest absolute Gasteiger partial charge is 0.130 e. The van der Waals surface area contributed by atoms with Gasteiger partial charge < -0.3 is 4.90 Å². The van der Waals surface area contributed by atoms with Crippen molar-refractivity contribution in [1.82, 2.24) is 9.36 Å². The number of nitriles is 1. The summed E-state index contributed by atoms with van der Waals surface area (Å²) >= 11 is 3.23. The number of piperidine rings is 1. The maximum absolute atomic E-state index is 9.32. The van der Waals surface area contributed by atoms with Crippen molar-refractivity contribution in [2.75, 3.05) is 18.0 Å². The predicted molar refractivity (Wildman–Crippen MR) is 87.2 cm³/mol. The van der Waals surface area contributed by atoms with E-state index in [2.05, 4.69) is 27.6 Å². The van der Waals surface area contributed by atoms with E-state index < -0.39 is 0 Å². The number of nitrogens with zero attached hydrogens (tertiary/aromatic N) is 4. The average Bonchev–Trinajstić information content (AvgIpc) is 3.13. The predicted octanol–water partition coefficient (Wildman–Crippen LogP) is 3.73. The van der Waals surface area contributed by atoms with Gasteiger partial charge in [0.25, 0.3) is 0 Å². The lowest BCUT2D eigenvalue weighted by Gasteiger charge is -2.32. The van der Waals surface area contributed by atoms with E-state index in [1.54, 1.807) is 11.3 Å². The molecule has 0 spiro atoms. The van der Waals surface area contributed by atoms with E-state index in [1.807, 2.05) is 6.92 Å². The molecule has 3 heterocycles. The zero-order valence-electron chi connectivity index (χ0n) is 12.3. The molecule has 1 aliphatic heterocycles. The third-order valence-electron chi connectivity index (χ3n) is 3.95. The Hall–Kier alpha value is -1.45. The molecule has 0 unspecified atom stereocenters. The van der Waals surface area contributed by atoms with Crippen molar-refractivity contribution < 1.29 is 0 Å². The highest BCUT2D eigenvalue weighted by Gasteiger charge is 2.27. The number of hydrogen-bond donors (Lipinski definition) is 0. The maximum atomic E-state index is 9.32. The monoisotopic (exact) mass is 318 g/mol. The molecule has 1 aliphatic rings. The second-order valence-electron chi connectivity index (χ2n) is 5.38. The van der Waals surface area contributed by atoms with Gasteiger partial charge in [-0.1, -0.05) is 6.92 Å². The molecule has 1 atom stereocenters. The van der Waals surface area contributed by atoms with Gasteiger partial charge >= 0.3 is 0 Å². The van der Waals surface area contributed by atoms with Crippen LogP contribution in [0, 0.1) is 18.3 Å². The summed E-state index contributed by atoms with van der Waals surface area (Å²) in [6, 6.07) is 2.30. The third kappa shape index (κ3) is 2.81. The summed E-state index contributed by atoms with van der Waals surface area (Å²) in [5.41, 5.74) is 2.79. The number of aromatic nitrogens is 2. The van der Waals surface area contributed by atoms with Crippen LogP contribution in [0.4, 0.5) is 5.00 Å². The van der Waals surface area contributed by atoms with E-state index in [0.29, 0.717) is 5.92 Å². The van der Waals surface area contributed by atoms with E-state index in [0.717, 1.165) is 42.2 Å². The minimum atomic E-state index is 0.484. The van der Waals surface area contributed by atoms with Crippen molar-refractivity contribution in [2.45, 2.75) is 39.0 Å². The number of thiazole rings is 1. The molecular weight excluding hydrogens is 300 g/mol. The van der Waals surface area contributed by atoms with Gasteiger partial charge in [-0.15, -0.1) is 11.3 Å². The van der Waals surface area contributed by atoms with Crippen LogP contribution < -0.4 is 4.90 Å². The summed E-state index contributed by atoms with van der Waals surface area (Å²) in [5, 5.41) is 13.8. The van der Waals surface area contributed by atoms with E-state index in [4.69, 9.17) is 4.98 Å². The molecule has 0 aromatic carbocycles. The molecule has 0 N–H and O–H groups in total. The minimum Gasteiger partial charge on any atom is -0.360 e. The highest BCUT2D eigenvalue weighted by Crippen LogP contribution is 2.35. The minimum absolute atomic E-state index is 0.484. The molecule has 110 valence electrons.